The first-order valence-corrected chi connectivity index (χ1v) is 8.15. The number of carbonyl (C=O) groups excluding carboxylic acids is 2. The maximum absolute atomic E-state index is 12.5. The third-order valence-corrected chi connectivity index (χ3v) is 4.01. The predicted molar refractivity (Wildman–Crippen MR) is 100 cm³/mol. The highest BCUT2D eigenvalue weighted by Gasteiger charge is 2.17. The molecule has 140 valence electrons. The van der Waals surface area contributed by atoms with Gasteiger partial charge in [0, 0.05) is 5.56 Å². The van der Waals surface area contributed by atoms with Gasteiger partial charge in [-0.3, -0.25) is 9.59 Å². The molecule has 0 fully saturated rings. The van der Waals surface area contributed by atoms with Crippen LogP contribution in [0.4, 0.5) is 5.69 Å². The maximum Gasteiger partial charge on any atom is 0.262 e. The van der Waals surface area contributed by atoms with Crippen LogP contribution in [0.15, 0.2) is 36.4 Å². The minimum atomic E-state index is -0.250. The van der Waals surface area contributed by atoms with Crippen LogP contribution in [0.3, 0.4) is 0 Å². The number of rotatable bonds is 6. The van der Waals surface area contributed by atoms with Crippen LogP contribution in [0, 0.1) is 0 Å². The molecule has 1 aliphatic rings. The Bertz CT molecular complexity index is 894. The summed E-state index contributed by atoms with van der Waals surface area (Å²) in [6, 6.07) is 8.39. The standard InChI is InChI=1S/C20H19NO6/c1-24-17-8-12(9-18(25-2)20(17)26-3)4-6-15(22)13-5-7-16-14(10-13)21-19(23)11-27-16/h4-10H,11H2,1-3H3,(H,21,23)/b6-4+. The van der Waals surface area contributed by atoms with Crippen molar-refractivity contribution < 1.29 is 28.5 Å². The van der Waals surface area contributed by atoms with Gasteiger partial charge < -0.3 is 24.3 Å². The average Bonchev–Trinajstić information content (AvgIpc) is 2.70. The summed E-state index contributed by atoms with van der Waals surface area (Å²) >= 11 is 0. The highest BCUT2D eigenvalue weighted by molar-refractivity contribution is 6.08. The Morgan fingerprint density at radius 1 is 1.07 bits per heavy atom. The molecule has 0 saturated carbocycles. The number of nitrogens with one attached hydrogen (secondary N) is 1. The van der Waals surface area contributed by atoms with Crippen molar-refractivity contribution in [2.75, 3.05) is 33.3 Å². The van der Waals surface area contributed by atoms with Crippen molar-refractivity contribution in [2.24, 2.45) is 0 Å². The molecule has 7 heteroatoms. The normalized spacial score (nSPS) is 12.8. The first kappa shape index (κ1) is 18.3. The Labute approximate surface area is 156 Å². The van der Waals surface area contributed by atoms with Crippen LogP contribution in [-0.2, 0) is 4.79 Å². The summed E-state index contributed by atoms with van der Waals surface area (Å²) in [5.74, 6) is 1.55. The smallest absolute Gasteiger partial charge is 0.262 e. The second-order valence-electron chi connectivity index (χ2n) is 5.70. The van der Waals surface area contributed by atoms with E-state index in [0.717, 1.165) is 0 Å². The largest absolute Gasteiger partial charge is 0.493 e. The number of carbonyl (C=O) groups is 2. The molecule has 7 nitrogen and oxygen atoms in total. The SMILES string of the molecule is COc1cc(/C=C/C(=O)c2ccc3c(c2)NC(=O)CO3)cc(OC)c1OC. The summed E-state index contributed by atoms with van der Waals surface area (Å²) < 4.78 is 21.2. The van der Waals surface area contributed by atoms with E-state index in [9.17, 15) is 9.59 Å². The molecule has 0 aromatic heterocycles. The number of methoxy groups -OCH3 is 3. The van der Waals surface area contributed by atoms with Crippen molar-refractivity contribution in [2.45, 2.75) is 0 Å². The molecule has 1 amide bonds. The number of ether oxygens (including phenoxy) is 4. The van der Waals surface area contributed by atoms with E-state index in [-0.39, 0.29) is 18.3 Å². The average molecular weight is 369 g/mol. The van der Waals surface area contributed by atoms with Crippen LogP contribution in [0.25, 0.3) is 6.08 Å². The fraction of sp³-hybridized carbons (Fsp3) is 0.200. The Balaban J connectivity index is 1.85. The summed E-state index contributed by atoms with van der Waals surface area (Å²) in [6.45, 7) is -0.0265. The molecule has 1 aliphatic heterocycles. The predicted octanol–water partition coefficient (Wildman–Crippen LogP) is 2.94. The van der Waals surface area contributed by atoms with Gasteiger partial charge in [-0.25, -0.2) is 0 Å². The van der Waals surface area contributed by atoms with Gasteiger partial charge in [-0.15, -0.1) is 0 Å². The number of ketones is 1. The zero-order valence-electron chi connectivity index (χ0n) is 15.2. The lowest BCUT2D eigenvalue weighted by Crippen LogP contribution is -2.25. The number of anilines is 1. The summed E-state index contributed by atoms with van der Waals surface area (Å²) in [5, 5.41) is 2.68. The molecule has 1 heterocycles. The lowest BCUT2D eigenvalue weighted by atomic mass is 10.1. The van der Waals surface area contributed by atoms with Crippen LogP contribution in [0.1, 0.15) is 15.9 Å². The molecule has 0 saturated heterocycles. The Morgan fingerprint density at radius 3 is 2.41 bits per heavy atom. The fourth-order valence-corrected chi connectivity index (χ4v) is 2.70. The van der Waals surface area contributed by atoms with Gasteiger partial charge >= 0.3 is 0 Å². The molecule has 0 unspecified atom stereocenters. The Hall–Kier alpha value is -3.48. The molecule has 2 aromatic rings. The minimum Gasteiger partial charge on any atom is -0.493 e. The van der Waals surface area contributed by atoms with Crippen LogP contribution in [-0.4, -0.2) is 39.6 Å². The lowest BCUT2D eigenvalue weighted by molar-refractivity contribution is -0.118. The van der Waals surface area contributed by atoms with E-state index in [1.54, 1.807) is 36.4 Å². The summed E-state index contributed by atoms with van der Waals surface area (Å²) in [7, 11) is 4.58. The first-order chi connectivity index (χ1) is 13.0. The lowest BCUT2D eigenvalue weighted by Gasteiger charge is -2.18. The van der Waals surface area contributed by atoms with Crippen molar-refractivity contribution in [3.63, 3.8) is 0 Å². The van der Waals surface area contributed by atoms with Gasteiger partial charge in [-0.05, 0) is 42.0 Å². The van der Waals surface area contributed by atoms with Crippen LogP contribution >= 0.6 is 0 Å². The quantitative estimate of drug-likeness (QED) is 0.623. The van der Waals surface area contributed by atoms with E-state index >= 15 is 0 Å². The van der Waals surface area contributed by atoms with Gasteiger partial charge in [0.15, 0.2) is 23.9 Å². The summed E-state index contributed by atoms with van der Waals surface area (Å²) in [5.41, 5.74) is 1.63. The molecule has 27 heavy (non-hydrogen) atoms. The third-order valence-electron chi connectivity index (χ3n) is 4.01. The number of hydrogen-bond acceptors (Lipinski definition) is 6. The minimum absolute atomic E-state index is 0.0265. The van der Waals surface area contributed by atoms with Gasteiger partial charge in [0.2, 0.25) is 5.75 Å². The van der Waals surface area contributed by atoms with Gasteiger partial charge in [-0.1, -0.05) is 6.08 Å². The maximum atomic E-state index is 12.5. The van der Waals surface area contributed by atoms with E-state index in [4.69, 9.17) is 18.9 Å². The molecule has 1 N–H and O–H groups in total. The van der Waals surface area contributed by atoms with E-state index in [1.807, 2.05) is 0 Å². The van der Waals surface area contributed by atoms with Gasteiger partial charge in [0.05, 0.1) is 27.0 Å². The Kier molecular flexibility index (Phi) is 5.30. The van der Waals surface area contributed by atoms with Crippen molar-refractivity contribution >= 4 is 23.5 Å². The Morgan fingerprint density at radius 2 is 1.78 bits per heavy atom. The van der Waals surface area contributed by atoms with Crippen molar-refractivity contribution in [1.29, 1.82) is 0 Å². The second-order valence-corrected chi connectivity index (χ2v) is 5.70. The number of amides is 1. The zero-order chi connectivity index (χ0) is 19.4. The van der Waals surface area contributed by atoms with E-state index < -0.39 is 0 Å². The number of allylic oxidation sites excluding steroid dienone is 1. The molecular formula is C20H19NO6. The van der Waals surface area contributed by atoms with Crippen LogP contribution < -0.4 is 24.3 Å². The fourth-order valence-electron chi connectivity index (χ4n) is 2.70. The molecule has 3 rings (SSSR count). The molecule has 2 aromatic carbocycles. The van der Waals surface area contributed by atoms with Crippen LogP contribution in [0.5, 0.6) is 23.0 Å². The summed E-state index contributed by atoms with van der Waals surface area (Å²) in [6.07, 6.45) is 3.09. The van der Waals surface area contributed by atoms with E-state index in [1.165, 1.54) is 27.4 Å². The first-order valence-electron chi connectivity index (χ1n) is 8.15. The van der Waals surface area contributed by atoms with Gasteiger partial charge in [-0.2, -0.15) is 0 Å². The second kappa shape index (κ2) is 7.82. The van der Waals surface area contributed by atoms with Gasteiger partial charge in [0.25, 0.3) is 5.91 Å². The number of benzene rings is 2. The number of fused-ring (bicyclic) bond motifs is 1. The molecule has 0 atom stereocenters. The number of hydrogen-bond donors (Lipinski definition) is 1. The summed E-state index contributed by atoms with van der Waals surface area (Å²) in [4.78, 5) is 23.9. The monoisotopic (exact) mass is 369 g/mol. The molecule has 0 bridgehead atoms. The van der Waals surface area contributed by atoms with E-state index in [0.29, 0.717) is 39.8 Å². The topological polar surface area (TPSA) is 83.1 Å². The highest BCUT2D eigenvalue weighted by Crippen LogP contribution is 2.38. The third kappa shape index (κ3) is 3.87. The molecule has 0 spiro atoms. The highest BCUT2D eigenvalue weighted by atomic mass is 16.5. The van der Waals surface area contributed by atoms with Crippen molar-refractivity contribution in [3.05, 3.63) is 47.5 Å². The molecule has 0 aliphatic carbocycles. The molecular weight excluding hydrogens is 350 g/mol. The van der Waals surface area contributed by atoms with Crippen LogP contribution in [0.2, 0.25) is 0 Å². The van der Waals surface area contributed by atoms with Crippen molar-refractivity contribution in [1.82, 2.24) is 0 Å². The zero-order valence-corrected chi connectivity index (χ0v) is 15.2. The van der Waals surface area contributed by atoms with Gasteiger partial charge in [0.1, 0.15) is 5.75 Å². The van der Waals surface area contributed by atoms with E-state index in [2.05, 4.69) is 5.32 Å². The van der Waals surface area contributed by atoms with Crippen molar-refractivity contribution in [3.8, 4) is 23.0 Å². The molecule has 0 radical (unpaired) electrons.